The maximum Gasteiger partial charge on any atom is 0.418 e. The monoisotopic (exact) mass is 683 g/mol. The van der Waals surface area contributed by atoms with Crippen LogP contribution in [-0.4, -0.2) is 108 Å². The number of anilines is 1. The van der Waals surface area contributed by atoms with Crippen molar-refractivity contribution in [3.8, 4) is 5.75 Å². The van der Waals surface area contributed by atoms with Crippen molar-refractivity contribution >= 4 is 56.3 Å². The van der Waals surface area contributed by atoms with Gasteiger partial charge in [-0.05, 0) is 31.5 Å². The average Bonchev–Trinajstić information content (AvgIpc) is 3.44. The van der Waals surface area contributed by atoms with E-state index in [0.29, 0.717) is 43.0 Å². The Morgan fingerprint density at radius 1 is 1.30 bits per heavy atom. The smallest absolute Gasteiger partial charge is 0.418 e. The summed E-state index contributed by atoms with van der Waals surface area (Å²) in [5, 5.41) is 23.9. The fourth-order valence-corrected chi connectivity index (χ4v) is 5.37. The van der Waals surface area contributed by atoms with Crippen LogP contribution in [0.1, 0.15) is 31.0 Å². The normalized spacial score (nSPS) is 20.1. The Hall–Kier alpha value is -4.57. The molecule has 2 aromatic rings. The van der Waals surface area contributed by atoms with Crippen molar-refractivity contribution < 1.29 is 46.3 Å². The maximum absolute atomic E-state index is 13.2. The predicted octanol–water partition coefficient (Wildman–Crippen LogP) is -1.59. The molecule has 1 fully saturated rings. The molecular formula is C25H33N9O10S2. The van der Waals surface area contributed by atoms with Crippen LogP contribution in [-0.2, 0) is 33.9 Å². The zero-order chi connectivity index (χ0) is 33.6. The molecule has 1 saturated heterocycles. The Kier molecular flexibility index (Phi) is 10.6. The lowest BCUT2D eigenvalue weighted by Crippen LogP contribution is -2.76. The summed E-state index contributed by atoms with van der Waals surface area (Å²) in [4.78, 5) is 51.2. The van der Waals surface area contributed by atoms with E-state index in [2.05, 4.69) is 35.4 Å². The third-order valence-electron chi connectivity index (χ3n) is 6.82. The van der Waals surface area contributed by atoms with Gasteiger partial charge in [0.15, 0.2) is 16.8 Å². The van der Waals surface area contributed by atoms with Gasteiger partial charge in [-0.15, -0.1) is 15.6 Å². The highest BCUT2D eigenvalue weighted by Gasteiger charge is 2.58. The molecule has 21 heteroatoms. The molecule has 1 unspecified atom stereocenters. The second-order valence-electron chi connectivity index (χ2n) is 10.5. The number of guanidine groups is 1. The summed E-state index contributed by atoms with van der Waals surface area (Å²) in [5.41, 5.74) is 10.2. The molecule has 3 heterocycles. The zero-order valence-corrected chi connectivity index (χ0v) is 26.2. The van der Waals surface area contributed by atoms with Crippen LogP contribution < -0.4 is 32.2 Å². The molecular weight excluding hydrogens is 650 g/mol. The first-order valence-electron chi connectivity index (χ1n) is 13.6. The van der Waals surface area contributed by atoms with E-state index in [1.54, 1.807) is 12.1 Å². The van der Waals surface area contributed by atoms with Crippen LogP contribution >= 0.6 is 11.3 Å². The average molecular weight is 684 g/mol. The molecule has 0 radical (unpaired) electrons. The van der Waals surface area contributed by atoms with Gasteiger partial charge in [0.2, 0.25) is 0 Å². The lowest BCUT2D eigenvalue weighted by Gasteiger charge is -2.50. The minimum absolute atomic E-state index is 0.0596. The van der Waals surface area contributed by atoms with Gasteiger partial charge < -0.3 is 42.1 Å². The van der Waals surface area contributed by atoms with Crippen molar-refractivity contribution in [2.24, 2.45) is 15.9 Å². The number of β-lactam (4-membered cyclic amide) rings is 1. The summed E-state index contributed by atoms with van der Waals surface area (Å²) in [7, 11) is -5.01. The highest BCUT2D eigenvalue weighted by molar-refractivity contribution is 7.80. The topological polar surface area (TPSA) is 282 Å². The summed E-state index contributed by atoms with van der Waals surface area (Å²) in [6, 6.07) is 5.70. The third kappa shape index (κ3) is 8.37. The van der Waals surface area contributed by atoms with E-state index >= 15 is 0 Å². The molecule has 2 aliphatic rings. The lowest BCUT2D eigenvalue weighted by atomic mass is 9.84. The number of nitrogens with two attached hydrogens (primary N) is 2. The number of aliphatic carboxylic acids is 1. The molecule has 1 aromatic heterocycles. The molecule has 250 valence electrons. The van der Waals surface area contributed by atoms with Crippen LogP contribution in [0.4, 0.5) is 5.13 Å². The Bertz CT molecular complexity index is 1610. The number of hydrogen-bond acceptors (Lipinski definition) is 16. The summed E-state index contributed by atoms with van der Waals surface area (Å²) >= 11 is 0.959. The lowest BCUT2D eigenvalue weighted by molar-refractivity contribution is -0.218. The summed E-state index contributed by atoms with van der Waals surface area (Å²) in [6.45, 7) is 4.56. The molecule has 0 saturated carbocycles. The second kappa shape index (κ2) is 14.2. The number of amides is 2. The number of ether oxygens (including phenoxy) is 1. The van der Waals surface area contributed by atoms with Gasteiger partial charge in [0.1, 0.15) is 24.1 Å². The van der Waals surface area contributed by atoms with E-state index in [0.717, 1.165) is 16.9 Å². The number of oxime groups is 1. The highest BCUT2D eigenvalue weighted by atomic mass is 32.3. The van der Waals surface area contributed by atoms with Crippen molar-refractivity contribution in [3.05, 3.63) is 40.9 Å². The minimum Gasteiger partial charge on any atom is -0.489 e. The summed E-state index contributed by atoms with van der Waals surface area (Å²) < 4.78 is 41.0. The van der Waals surface area contributed by atoms with Crippen LogP contribution in [0.15, 0.2) is 39.8 Å². The van der Waals surface area contributed by atoms with Gasteiger partial charge in [-0.2, -0.15) is 13.5 Å². The van der Waals surface area contributed by atoms with E-state index in [-0.39, 0.29) is 16.7 Å². The molecule has 3 atom stereocenters. The largest absolute Gasteiger partial charge is 0.489 e. The molecule has 2 amide bonds. The van der Waals surface area contributed by atoms with Gasteiger partial charge in [0.05, 0.1) is 12.1 Å². The summed E-state index contributed by atoms with van der Waals surface area (Å²) in [6.07, 6.45) is -1.67. The van der Waals surface area contributed by atoms with Crippen molar-refractivity contribution in [1.29, 1.82) is 0 Å². The fraction of sp³-hybridized carbons (Fsp3) is 0.440. The number of hydrogen-bond donors (Lipinski definition) is 7. The zero-order valence-electron chi connectivity index (χ0n) is 24.6. The van der Waals surface area contributed by atoms with E-state index in [9.17, 15) is 27.9 Å². The molecule has 1 aromatic carbocycles. The van der Waals surface area contributed by atoms with Crippen molar-refractivity contribution in [2.75, 3.05) is 38.5 Å². The van der Waals surface area contributed by atoms with Crippen molar-refractivity contribution in [3.63, 3.8) is 0 Å². The number of thiazole rings is 1. The number of carboxylic acid groups (broad SMARTS) is 1. The number of benzene rings is 1. The predicted molar refractivity (Wildman–Crippen MR) is 163 cm³/mol. The molecule has 0 aliphatic carbocycles. The highest BCUT2D eigenvalue weighted by Crippen LogP contribution is 2.33. The second-order valence-corrected chi connectivity index (χ2v) is 12.4. The molecule has 46 heavy (non-hydrogen) atoms. The third-order valence-corrected chi connectivity index (χ3v) is 7.83. The van der Waals surface area contributed by atoms with E-state index in [1.807, 2.05) is 12.1 Å². The van der Waals surface area contributed by atoms with Gasteiger partial charge in [-0.1, -0.05) is 17.3 Å². The molecule has 0 spiro atoms. The van der Waals surface area contributed by atoms with E-state index in [1.165, 1.54) is 19.2 Å². The number of aromatic nitrogens is 1. The van der Waals surface area contributed by atoms with E-state index < -0.39 is 58.2 Å². The molecule has 19 nitrogen and oxygen atoms in total. The number of carbonyl (C=O) groups excluding carboxylic acids is 2. The molecule has 0 bridgehead atoms. The number of rotatable bonds is 14. The number of carboxylic acids is 1. The van der Waals surface area contributed by atoms with Crippen LogP contribution in [0.25, 0.3) is 0 Å². The number of carbonyl (C=O) groups is 3. The summed E-state index contributed by atoms with van der Waals surface area (Å²) in [5.74, 6) is -2.30. The number of aliphatic imine (C=N–C) groups is 1. The van der Waals surface area contributed by atoms with Gasteiger partial charge in [0.25, 0.3) is 17.9 Å². The molecule has 9 N–H and O–H groups in total. The van der Waals surface area contributed by atoms with Crippen LogP contribution in [0.5, 0.6) is 5.75 Å². The minimum atomic E-state index is -5.01. The van der Waals surface area contributed by atoms with E-state index in [4.69, 9.17) is 25.6 Å². The van der Waals surface area contributed by atoms with Crippen LogP contribution in [0, 0.1) is 0 Å². The molecule has 4 rings (SSSR count). The first-order chi connectivity index (χ1) is 21.7. The van der Waals surface area contributed by atoms with Gasteiger partial charge in [0, 0.05) is 30.9 Å². The van der Waals surface area contributed by atoms with Crippen LogP contribution in [0.3, 0.4) is 0 Å². The van der Waals surface area contributed by atoms with Crippen molar-refractivity contribution in [2.45, 2.75) is 37.5 Å². The number of hydroxylamine groups is 2. The first kappa shape index (κ1) is 34.3. The standard InChI is InChI=1S/C25H33N9O10S2/c1-25(2)19(21(36)34(25)44-46(39,40)41)32-20(35)18(16-12-45-23(27)31-16)33-43-17(22(37)38)11-42-15-5-3-13(4-6-15)14-9-29-24(30-10-14)28-8-7-26/h3-6,12,14,17,19H,7-11,26H2,1-2H3,(H2,27,31)(H,32,35)(H,37,38)(H2,28,29,30)(H,39,40,41)/b33-18-/t17-,19+/m0/s1. The fourth-order valence-electron chi connectivity index (χ4n) is 4.37. The Labute approximate surface area is 266 Å². The van der Waals surface area contributed by atoms with Crippen molar-refractivity contribution in [1.82, 2.24) is 26.0 Å². The number of nitrogen functional groups attached to an aromatic ring is 1. The first-order valence-corrected chi connectivity index (χ1v) is 15.9. The quantitative estimate of drug-likeness (QED) is 0.0511. The number of nitrogens with zero attached hydrogens (tertiary/aromatic N) is 4. The maximum atomic E-state index is 13.2. The van der Waals surface area contributed by atoms with Gasteiger partial charge in [-0.25, -0.2) is 9.78 Å². The van der Waals surface area contributed by atoms with Gasteiger partial charge >= 0.3 is 16.4 Å². The Balaban J connectivity index is 1.40. The number of nitrogens with one attached hydrogen (secondary N) is 3. The van der Waals surface area contributed by atoms with Gasteiger partial charge in [-0.3, -0.25) is 19.1 Å². The Morgan fingerprint density at radius 2 is 2.02 bits per heavy atom. The SMILES string of the molecule is CC1(C)[C@H](NC(=O)/C(=N\O[C@@H](COc2ccc(C3CN=C(NCCN)NC3)cc2)C(=O)O)c2csc(N)n2)C(=O)N1OS(=O)(=O)O. The van der Waals surface area contributed by atoms with Crippen LogP contribution in [0.2, 0.25) is 0 Å². The Morgan fingerprint density at radius 3 is 2.57 bits per heavy atom. The molecule has 2 aliphatic heterocycles.